The monoisotopic (exact) mass is 591 g/mol. The molecule has 4 rings (SSSR count). The number of nitrogens with one attached hydrogen (secondary N) is 2. The lowest BCUT2D eigenvalue weighted by Crippen LogP contribution is -2.48. The maximum Gasteiger partial charge on any atom is 0.471 e. The molecule has 1 heterocycles. The highest BCUT2D eigenvalue weighted by atomic mass is 19.4. The van der Waals surface area contributed by atoms with E-state index >= 15 is 0 Å². The minimum atomic E-state index is -4.98. The third-order valence-electron chi connectivity index (χ3n) is 7.74. The first-order valence-electron chi connectivity index (χ1n) is 14.4. The van der Waals surface area contributed by atoms with E-state index in [0.717, 1.165) is 29.4 Å². The van der Waals surface area contributed by atoms with E-state index < -0.39 is 30.0 Å². The molecule has 1 saturated carbocycles. The average molecular weight is 592 g/mol. The second-order valence-electron chi connectivity index (χ2n) is 10.9. The summed E-state index contributed by atoms with van der Waals surface area (Å²) in [5.74, 6) is -2.42. The summed E-state index contributed by atoms with van der Waals surface area (Å²) >= 11 is 0. The van der Waals surface area contributed by atoms with Crippen LogP contribution in [-0.2, 0) is 11.3 Å². The summed E-state index contributed by atoms with van der Waals surface area (Å²) in [7, 11) is 0. The molecule has 12 heteroatoms. The van der Waals surface area contributed by atoms with E-state index in [1.54, 1.807) is 36.9 Å². The summed E-state index contributed by atoms with van der Waals surface area (Å²) in [4.78, 5) is 41.8. The largest absolute Gasteiger partial charge is 0.471 e. The number of benzene rings is 2. The van der Waals surface area contributed by atoms with Gasteiger partial charge in [0.25, 0.3) is 5.91 Å². The zero-order chi connectivity index (χ0) is 30.4. The molecule has 8 nitrogen and oxygen atoms in total. The molecule has 228 valence electrons. The number of rotatable bonds is 10. The van der Waals surface area contributed by atoms with E-state index in [2.05, 4.69) is 15.5 Å². The van der Waals surface area contributed by atoms with Gasteiger partial charge in [-0.2, -0.15) is 13.2 Å². The molecule has 1 saturated heterocycles. The topological polar surface area (TPSA) is 85.0 Å². The first kappa shape index (κ1) is 31.3. The summed E-state index contributed by atoms with van der Waals surface area (Å²) in [6.07, 6.45) is -2.05. The Kier molecular flexibility index (Phi) is 10.1. The average Bonchev–Trinajstić information content (AvgIpc) is 3.80. The van der Waals surface area contributed by atoms with Crippen LogP contribution in [0, 0.1) is 11.7 Å². The van der Waals surface area contributed by atoms with Gasteiger partial charge in [-0.1, -0.05) is 26.0 Å². The Balaban J connectivity index is 1.34. The fourth-order valence-electron chi connectivity index (χ4n) is 5.11. The van der Waals surface area contributed by atoms with Crippen LogP contribution >= 0.6 is 0 Å². The van der Waals surface area contributed by atoms with Gasteiger partial charge in [-0.25, -0.2) is 9.18 Å². The first-order chi connectivity index (χ1) is 20.0. The highest BCUT2D eigenvalue weighted by molar-refractivity contribution is 5.98. The van der Waals surface area contributed by atoms with Crippen LogP contribution in [0.15, 0.2) is 42.5 Å². The van der Waals surface area contributed by atoms with Crippen molar-refractivity contribution in [2.75, 3.05) is 42.9 Å². The van der Waals surface area contributed by atoms with E-state index in [0.29, 0.717) is 58.0 Å². The van der Waals surface area contributed by atoms with Crippen molar-refractivity contribution >= 4 is 29.2 Å². The number of urea groups is 1. The van der Waals surface area contributed by atoms with Gasteiger partial charge in [0.2, 0.25) is 0 Å². The van der Waals surface area contributed by atoms with Crippen molar-refractivity contribution in [1.29, 1.82) is 0 Å². The SMILES string of the molecule is CCC(CC)N(C(=O)C(F)(F)F)c1cccc(CN2CCN(C(=O)c3ccc(NC(=O)NCC4CC4)c(F)c3)CC2)c1. The quantitative estimate of drug-likeness (QED) is 0.363. The van der Waals surface area contributed by atoms with Crippen molar-refractivity contribution in [3.05, 3.63) is 59.4 Å². The van der Waals surface area contributed by atoms with Crippen LogP contribution < -0.4 is 15.5 Å². The lowest BCUT2D eigenvalue weighted by Gasteiger charge is -2.35. The minimum absolute atomic E-state index is 0.00779. The Labute approximate surface area is 243 Å². The van der Waals surface area contributed by atoms with Gasteiger partial charge in [0.1, 0.15) is 5.82 Å². The molecule has 0 bridgehead atoms. The number of piperazine rings is 1. The Bertz CT molecular complexity index is 1270. The fourth-order valence-corrected chi connectivity index (χ4v) is 5.11. The van der Waals surface area contributed by atoms with Gasteiger partial charge < -0.3 is 20.4 Å². The standard InChI is InChI=1S/C30H37F4N5O3/c1-3-23(4-2)39(28(41)30(32,33)34)24-7-5-6-21(16-24)19-37-12-14-38(15-13-37)27(40)22-10-11-26(25(31)17-22)36-29(42)35-18-20-8-9-20/h5-7,10-11,16-17,20,23H,3-4,8-9,12-15,18-19H2,1-2H3,(H2,35,36,42). The zero-order valence-electron chi connectivity index (χ0n) is 23.8. The summed E-state index contributed by atoms with van der Waals surface area (Å²) in [5.41, 5.74) is 1.13. The predicted octanol–water partition coefficient (Wildman–Crippen LogP) is 5.40. The molecule has 2 N–H and O–H groups in total. The van der Waals surface area contributed by atoms with Crippen LogP contribution in [0.2, 0.25) is 0 Å². The van der Waals surface area contributed by atoms with Gasteiger partial charge in [-0.3, -0.25) is 14.5 Å². The molecule has 0 spiro atoms. The number of amides is 4. The van der Waals surface area contributed by atoms with Crippen molar-refractivity contribution in [3.63, 3.8) is 0 Å². The zero-order valence-corrected chi connectivity index (χ0v) is 23.8. The lowest BCUT2D eigenvalue weighted by atomic mass is 10.1. The highest BCUT2D eigenvalue weighted by Crippen LogP contribution is 2.29. The van der Waals surface area contributed by atoms with Crippen LogP contribution in [0.1, 0.15) is 55.5 Å². The molecular weight excluding hydrogens is 554 g/mol. The van der Waals surface area contributed by atoms with Gasteiger partial charge in [-0.05, 0) is 67.5 Å². The number of hydrogen-bond acceptors (Lipinski definition) is 4. The summed E-state index contributed by atoms with van der Waals surface area (Å²) in [6.45, 7) is 6.29. The van der Waals surface area contributed by atoms with E-state index in [1.165, 1.54) is 18.2 Å². The third kappa shape index (κ3) is 7.99. The van der Waals surface area contributed by atoms with E-state index in [-0.39, 0.29) is 22.8 Å². The number of halogens is 4. The molecule has 0 radical (unpaired) electrons. The third-order valence-corrected chi connectivity index (χ3v) is 7.74. The Morgan fingerprint density at radius 2 is 1.69 bits per heavy atom. The Morgan fingerprint density at radius 3 is 2.29 bits per heavy atom. The minimum Gasteiger partial charge on any atom is -0.338 e. The molecule has 0 atom stereocenters. The maximum absolute atomic E-state index is 14.6. The molecule has 0 unspecified atom stereocenters. The molecule has 4 amide bonds. The van der Waals surface area contributed by atoms with Crippen LogP contribution in [0.4, 0.5) is 33.7 Å². The maximum atomic E-state index is 14.6. The fraction of sp³-hybridized carbons (Fsp3) is 0.500. The molecule has 2 aromatic carbocycles. The molecule has 2 fully saturated rings. The molecular formula is C30H37F4N5O3. The number of carbonyl (C=O) groups is 3. The molecule has 1 aliphatic carbocycles. The summed E-state index contributed by atoms with van der Waals surface area (Å²) in [6, 6.07) is 9.48. The number of carbonyl (C=O) groups excluding carboxylic acids is 3. The molecule has 1 aliphatic heterocycles. The number of alkyl halides is 3. The van der Waals surface area contributed by atoms with Gasteiger partial charge in [-0.15, -0.1) is 0 Å². The molecule has 2 aromatic rings. The first-order valence-corrected chi connectivity index (χ1v) is 14.4. The smallest absolute Gasteiger partial charge is 0.338 e. The summed E-state index contributed by atoms with van der Waals surface area (Å²) in [5, 5.41) is 5.17. The van der Waals surface area contributed by atoms with Gasteiger partial charge >= 0.3 is 18.1 Å². The van der Waals surface area contributed by atoms with E-state index in [9.17, 15) is 31.9 Å². The van der Waals surface area contributed by atoms with Gasteiger partial charge in [0.15, 0.2) is 0 Å². The number of nitrogens with zero attached hydrogens (tertiary/aromatic N) is 3. The van der Waals surface area contributed by atoms with Crippen molar-refractivity contribution in [2.24, 2.45) is 5.92 Å². The van der Waals surface area contributed by atoms with Crippen LogP contribution in [0.5, 0.6) is 0 Å². The Morgan fingerprint density at radius 1 is 1.00 bits per heavy atom. The van der Waals surface area contributed by atoms with Crippen molar-refractivity contribution in [3.8, 4) is 0 Å². The highest BCUT2D eigenvalue weighted by Gasteiger charge is 2.44. The predicted molar refractivity (Wildman–Crippen MR) is 152 cm³/mol. The van der Waals surface area contributed by atoms with E-state index in [1.807, 2.05) is 0 Å². The van der Waals surface area contributed by atoms with Gasteiger partial charge in [0, 0.05) is 56.6 Å². The molecule has 42 heavy (non-hydrogen) atoms. The van der Waals surface area contributed by atoms with Gasteiger partial charge in [0.05, 0.1) is 5.69 Å². The van der Waals surface area contributed by atoms with Crippen molar-refractivity contribution < 1.29 is 31.9 Å². The van der Waals surface area contributed by atoms with Crippen LogP contribution in [0.25, 0.3) is 0 Å². The normalized spacial score (nSPS) is 15.9. The molecule has 2 aliphatic rings. The lowest BCUT2D eigenvalue weighted by molar-refractivity contribution is -0.171. The van der Waals surface area contributed by atoms with Crippen LogP contribution in [-0.4, -0.2) is 72.6 Å². The van der Waals surface area contributed by atoms with E-state index in [4.69, 9.17) is 0 Å². The number of hydrogen-bond donors (Lipinski definition) is 2. The second kappa shape index (κ2) is 13.5. The number of anilines is 2. The Hall–Kier alpha value is -3.67. The second-order valence-corrected chi connectivity index (χ2v) is 10.9. The summed E-state index contributed by atoms with van der Waals surface area (Å²) < 4.78 is 54.8. The van der Waals surface area contributed by atoms with Crippen molar-refractivity contribution in [1.82, 2.24) is 15.1 Å². The molecule has 0 aromatic heterocycles. The van der Waals surface area contributed by atoms with Crippen molar-refractivity contribution in [2.45, 2.75) is 58.3 Å². The van der Waals surface area contributed by atoms with Crippen LogP contribution in [0.3, 0.4) is 0 Å².